The standard InChI is InChI=1S/C15H22FNS/c1-3-14(4-2)9-15(10-14,11-17)18-13-7-5-12(16)6-8-13/h5-8H,3-4,9-11,17H2,1-2H3. The van der Waals surface area contributed by atoms with Gasteiger partial charge in [0.05, 0.1) is 0 Å². The molecule has 0 heterocycles. The van der Waals surface area contributed by atoms with E-state index in [4.69, 9.17) is 5.73 Å². The van der Waals surface area contributed by atoms with E-state index < -0.39 is 0 Å². The lowest BCUT2D eigenvalue weighted by atomic mass is 9.58. The van der Waals surface area contributed by atoms with Gasteiger partial charge in [-0.1, -0.05) is 26.7 Å². The first kappa shape index (κ1) is 13.9. The van der Waals surface area contributed by atoms with Gasteiger partial charge in [-0.25, -0.2) is 4.39 Å². The van der Waals surface area contributed by atoms with Gasteiger partial charge in [-0.3, -0.25) is 0 Å². The summed E-state index contributed by atoms with van der Waals surface area (Å²) in [5.41, 5.74) is 6.47. The van der Waals surface area contributed by atoms with Crippen molar-refractivity contribution in [2.75, 3.05) is 6.54 Å². The van der Waals surface area contributed by atoms with Crippen molar-refractivity contribution in [1.82, 2.24) is 0 Å². The van der Waals surface area contributed by atoms with Crippen LogP contribution in [0.3, 0.4) is 0 Å². The Morgan fingerprint density at radius 3 is 2.17 bits per heavy atom. The number of hydrogen-bond acceptors (Lipinski definition) is 2. The fourth-order valence-corrected chi connectivity index (χ4v) is 4.69. The lowest BCUT2D eigenvalue weighted by molar-refractivity contribution is 0.0750. The first-order valence-corrected chi connectivity index (χ1v) is 7.53. The summed E-state index contributed by atoms with van der Waals surface area (Å²) in [6.45, 7) is 5.25. The highest BCUT2D eigenvalue weighted by atomic mass is 32.2. The molecule has 18 heavy (non-hydrogen) atoms. The number of hydrogen-bond donors (Lipinski definition) is 1. The largest absolute Gasteiger partial charge is 0.329 e. The summed E-state index contributed by atoms with van der Waals surface area (Å²) in [4.78, 5) is 1.13. The third-order valence-electron chi connectivity index (χ3n) is 4.41. The first-order valence-electron chi connectivity index (χ1n) is 6.72. The number of benzene rings is 1. The Labute approximate surface area is 113 Å². The molecule has 3 heteroatoms. The molecule has 1 aromatic rings. The van der Waals surface area contributed by atoms with Gasteiger partial charge < -0.3 is 5.73 Å². The van der Waals surface area contributed by atoms with Crippen LogP contribution in [0, 0.1) is 11.2 Å². The van der Waals surface area contributed by atoms with Crippen molar-refractivity contribution in [3.63, 3.8) is 0 Å². The van der Waals surface area contributed by atoms with E-state index >= 15 is 0 Å². The molecule has 0 unspecified atom stereocenters. The molecule has 100 valence electrons. The van der Waals surface area contributed by atoms with E-state index in [1.807, 2.05) is 23.9 Å². The third kappa shape index (κ3) is 2.57. The molecule has 0 aromatic heterocycles. The van der Waals surface area contributed by atoms with Crippen molar-refractivity contribution >= 4 is 11.8 Å². The van der Waals surface area contributed by atoms with Crippen LogP contribution in [0.4, 0.5) is 4.39 Å². The van der Waals surface area contributed by atoms with Crippen molar-refractivity contribution < 1.29 is 4.39 Å². The minimum atomic E-state index is -0.175. The molecular formula is C15H22FNS. The molecule has 1 aliphatic carbocycles. The lowest BCUT2D eigenvalue weighted by Gasteiger charge is -2.55. The minimum absolute atomic E-state index is 0.170. The van der Waals surface area contributed by atoms with Gasteiger partial charge in [0.15, 0.2) is 0 Å². The molecule has 1 aliphatic rings. The zero-order chi connectivity index (χ0) is 13.2. The second-order valence-corrected chi connectivity index (χ2v) is 7.05. The van der Waals surface area contributed by atoms with Gasteiger partial charge in [0, 0.05) is 16.2 Å². The fraction of sp³-hybridized carbons (Fsp3) is 0.600. The number of halogens is 1. The molecule has 0 atom stereocenters. The van der Waals surface area contributed by atoms with Crippen LogP contribution in [-0.2, 0) is 0 Å². The van der Waals surface area contributed by atoms with Crippen molar-refractivity contribution in [2.45, 2.75) is 49.2 Å². The van der Waals surface area contributed by atoms with Crippen LogP contribution >= 0.6 is 11.8 Å². The van der Waals surface area contributed by atoms with E-state index in [0.29, 0.717) is 12.0 Å². The average molecular weight is 267 g/mol. The zero-order valence-corrected chi connectivity index (χ0v) is 12.0. The minimum Gasteiger partial charge on any atom is -0.329 e. The van der Waals surface area contributed by atoms with Crippen LogP contribution in [0.1, 0.15) is 39.5 Å². The van der Waals surface area contributed by atoms with Crippen LogP contribution in [0.5, 0.6) is 0 Å². The van der Waals surface area contributed by atoms with Crippen LogP contribution < -0.4 is 5.73 Å². The van der Waals surface area contributed by atoms with Gasteiger partial charge in [-0.05, 0) is 42.5 Å². The van der Waals surface area contributed by atoms with Crippen molar-refractivity contribution in [3.8, 4) is 0 Å². The maximum absolute atomic E-state index is 12.9. The third-order valence-corrected chi connectivity index (χ3v) is 5.81. The second kappa shape index (κ2) is 5.22. The summed E-state index contributed by atoms with van der Waals surface area (Å²) < 4.78 is 13.1. The molecule has 0 saturated heterocycles. The molecule has 1 aromatic carbocycles. The highest BCUT2D eigenvalue weighted by Gasteiger charge is 2.52. The lowest BCUT2D eigenvalue weighted by Crippen LogP contribution is -2.53. The second-order valence-electron chi connectivity index (χ2n) is 5.50. The molecule has 0 amide bonds. The number of thioether (sulfide) groups is 1. The van der Waals surface area contributed by atoms with E-state index in [0.717, 1.165) is 4.90 Å². The smallest absolute Gasteiger partial charge is 0.123 e. The average Bonchev–Trinajstić information content (AvgIpc) is 2.36. The molecule has 2 rings (SSSR count). The highest BCUT2D eigenvalue weighted by Crippen LogP contribution is 2.60. The Balaban J connectivity index is 2.05. The summed E-state index contributed by atoms with van der Waals surface area (Å²) in [7, 11) is 0. The maximum atomic E-state index is 12.9. The highest BCUT2D eigenvalue weighted by molar-refractivity contribution is 8.00. The van der Waals surface area contributed by atoms with Gasteiger partial charge >= 0.3 is 0 Å². The molecule has 1 fully saturated rings. The normalized spacial score (nSPS) is 20.4. The fourth-order valence-electron chi connectivity index (χ4n) is 3.08. The van der Waals surface area contributed by atoms with Crippen LogP contribution in [0.2, 0.25) is 0 Å². The van der Waals surface area contributed by atoms with Crippen molar-refractivity contribution in [1.29, 1.82) is 0 Å². The molecule has 0 bridgehead atoms. The Morgan fingerprint density at radius 2 is 1.72 bits per heavy atom. The Morgan fingerprint density at radius 1 is 1.17 bits per heavy atom. The Hall–Kier alpha value is -0.540. The predicted octanol–water partition coefficient (Wildman–Crippen LogP) is 4.22. The summed E-state index contributed by atoms with van der Waals surface area (Å²) in [5.74, 6) is -0.175. The molecule has 0 aliphatic heterocycles. The van der Waals surface area contributed by atoms with E-state index in [-0.39, 0.29) is 10.6 Å². The Kier molecular flexibility index (Phi) is 4.02. The maximum Gasteiger partial charge on any atom is 0.123 e. The summed E-state index contributed by atoms with van der Waals surface area (Å²) in [6, 6.07) is 6.76. The quantitative estimate of drug-likeness (QED) is 0.864. The van der Waals surface area contributed by atoms with Gasteiger partial charge in [-0.2, -0.15) is 0 Å². The van der Waals surface area contributed by atoms with Gasteiger partial charge in [0.1, 0.15) is 5.82 Å². The molecule has 1 nitrogen and oxygen atoms in total. The molecule has 0 spiro atoms. The zero-order valence-electron chi connectivity index (χ0n) is 11.2. The molecular weight excluding hydrogens is 245 g/mol. The summed E-state index contributed by atoms with van der Waals surface area (Å²) in [5, 5.41) is 0. The molecule has 2 N–H and O–H groups in total. The first-order chi connectivity index (χ1) is 8.57. The van der Waals surface area contributed by atoms with Crippen LogP contribution in [0.15, 0.2) is 29.2 Å². The SMILES string of the molecule is CCC1(CC)CC(CN)(Sc2ccc(F)cc2)C1. The predicted molar refractivity (Wildman–Crippen MR) is 76.3 cm³/mol. The monoisotopic (exact) mass is 267 g/mol. The van der Waals surface area contributed by atoms with Gasteiger partial charge in [0.2, 0.25) is 0 Å². The topological polar surface area (TPSA) is 26.0 Å². The molecule has 0 radical (unpaired) electrons. The van der Waals surface area contributed by atoms with E-state index in [1.54, 1.807) is 0 Å². The number of nitrogens with two attached hydrogens (primary N) is 1. The van der Waals surface area contributed by atoms with E-state index in [1.165, 1.54) is 37.8 Å². The summed E-state index contributed by atoms with van der Waals surface area (Å²) >= 11 is 1.83. The number of rotatable bonds is 5. The van der Waals surface area contributed by atoms with Crippen molar-refractivity contribution in [2.24, 2.45) is 11.1 Å². The Bertz CT molecular complexity index is 389. The van der Waals surface area contributed by atoms with E-state index in [2.05, 4.69) is 13.8 Å². The molecule has 1 saturated carbocycles. The van der Waals surface area contributed by atoms with Crippen molar-refractivity contribution in [3.05, 3.63) is 30.1 Å². The van der Waals surface area contributed by atoms with Gasteiger partial charge in [0.25, 0.3) is 0 Å². The van der Waals surface area contributed by atoms with E-state index in [9.17, 15) is 4.39 Å². The van der Waals surface area contributed by atoms with Crippen LogP contribution in [-0.4, -0.2) is 11.3 Å². The van der Waals surface area contributed by atoms with Gasteiger partial charge in [-0.15, -0.1) is 11.8 Å². The summed E-state index contributed by atoms with van der Waals surface area (Å²) in [6.07, 6.45) is 4.83. The van der Waals surface area contributed by atoms with Crippen LogP contribution in [0.25, 0.3) is 0 Å².